The minimum absolute atomic E-state index is 0.101. The minimum atomic E-state index is 0.101. The third-order valence-corrected chi connectivity index (χ3v) is 8.00. The molecule has 10 nitrogen and oxygen atoms in total. The number of benzene rings is 1. The molecule has 194 valence electrons. The maximum atomic E-state index is 12.1. The molecule has 1 aromatic carbocycles. The lowest BCUT2D eigenvalue weighted by Crippen LogP contribution is -2.47. The lowest BCUT2D eigenvalue weighted by Gasteiger charge is -2.35. The molecule has 2 aliphatic rings. The predicted molar refractivity (Wildman–Crippen MR) is 151 cm³/mol. The summed E-state index contributed by atoms with van der Waals surface area (Å²) in [7, 11) is 0. The van der Waals surface area contributed by atoms with E-state index in [-0.39, 0.29) is 11.8 Å². The van der Waals surface area contributed by atoms with Gasteiger partial charge in [0.2, 0.25) is 17.8 Å². The first-order chi connectivity index (χ1) is 18.6. The number of piperazine rings is 1. The Kier molecular flexibility index (Phi) is 7.06. The Morgan fingerprint density at radius 1 is 1.00 bits per heavy atom. The third-order valence-electron chi connectivity index (χ3n) is 6.30. The van der Waals surface area contributed by atoms with Gasteiger partial charge in [0.15, 0.2) is 10.3 Å². The molecule has 6 rings (SSSR count). The SMILES string of the molecule is Cc1cnc(Nc2nc(Sc3ccc(NC(=O)C4CC4)cc3)nc(N3CCN(c4cccnc4)CC3)n2)s1. The minimum Gasteiger partial charge on any atom is -0.367 e. The van der Waals surface area contributed by atoms with Gasteiger partial charge >= 0.3 is 0 Å². The fraction of sp³-hybridized carbons (Fsp3) is 0.308. The van der Waals surface area contributed by atoms with E-state index in [2.05, 4.69) is 41.5 Å². The van der Waals surface area contributed by atoms with Gasteiger partial charge in [-0.3, -0.25) is 15.1 Å². The number of nitrogens with zero attached hydrogens (tertiary/aromatic N) is 7. The van der Waals surface area contributed by atoms with Crippen molar-refractivity contribution in [2.45, 2.75) is 29.8 Å². The number of thiazole rings is 1. The molecule has 1 aliphatic carbocycles. The van der Waals surface area contributed by atoms with Crippen molar-refractivity contribution in [2.75, 3.05) is 46.6 Å². The number of aryl methyl sites for hydroxylation is 1. The van der Waals surface area contributed by atoms with Crippen LogP contribution in [0.5, 0.6) is 0 Å². The monoisotopic (exact) mass is 545 g/mol. The fourth-order valence-corrected chi connectivity index (χ4v) is 5.50. The van der Waals surface area contributed by atoms with Crippen molar-refractivity contribution < 1.29 is 4.79 Å². The number of pyridine rings is 1. The zero-order chi connectivity index (χ0) is 25.9. The number of carbonyl (C=O) groups excluding carboxylic acids is 1. The number of rotatable bonds is 8. The predicted octanol–water partition coefficient (Wildman–Crippen LogP) is 4.60. The van der Waals surface area contributed by atoms with Crippen LogP contribution in [0.25, 0.3) is 0 Å². The van der Waals surface area contributed by atoms with Crippen LogP contribution in [0.4, 0.5) is 28.4 Å². The smallest absolute Gasteiger partial charge is 0.234 e. The number of anilines is 5. The van der Waals surface area contributed by atoms with Gasteiger partial charge in [0, 0.05) is 60.0 Å². The molecule has 38 heavy (non-hydrogen) atoms. The molecule has 2 fully saturated rings. The molecule has 0 bridgehead atoms. The van der Waals surface area contributed by atoms with Gasteiger partial charge in [-0.05, 0) is 67.9 Å². The Morgan fingerprint density at radius 2 is 1.79 bits per heavy atom. The number of nitrogens with one attached hydrogen (secondary N) is 2. The van der Waals surface area contributed by atoms with E-state index in [4.69, 9.17) is 9.97 Å². The van der Waals surface area contributed by atoms with Crippen molar-refractivity contribution in [1.82, 2.24) is 24.9 Å². The first kappa shape index (κ1) is 24.6. The number of amides is 1. The zero-order valence-corrected chi connectivity index (χ0v) is 22.5. The Balaban J connectivity index is 1.19. The van der Waals surface area contributed by atoms with Crippen molar-refractivity contribution in [2.24, 2.45) is 5.92 Å². The quantitative estimate of drug-likeness (QED) is 0.326. The van der Waals surface area contributed by atoms with Gasteiger partial charge in [0.25, 0.3) is 0 Å². The number of hydrogen-bond donors (Lipinski definition) is 2. The lowest BCUT2D eigenvalue weighted by molar-refractivity contribution is -0.117. The van der Waals surface area contributed by atoms with Crippen LogP contribution in [0, 0.1) is 12.8 Å². The Hall–Kier alpha value is -3.77. The van der Waals surface area contributed by atoms with Crippen molar-refractivity contribution in [3.05, 3.63) is 59.9 Å². The zero-order valence-electron chi connectivity index (χ0n) is 20.9. The molecule has 12 heteroatoms. The van der Waals surface area contributed by atoms with Gasteiger partial charge in [-0.2, -0.15) is 15.0 Å². The molecule has 1 aliphatic heterocycles. The third kappa shape index (κ3) is 6.03. The largest absolute Gasteiger partial charge is 0.367 e. The van der Waals surface area contributed by atoms with Gasteiger partial charge in [-0.25, -0.2) is 4.98 Å². The van der Waals surface area contributed by atoms with Crippen molar-refractivity contribution >= 4 is 57.4 Å². The summed E-state index contributed by atoms with van der Waals surface area (Å²) in [5, 5.41) is 7.57. The summed E-state index contributed by atoms with van der Waals surface area (Å²) in [5.41, 5.74) is 1.92. The van der Waals surface area contributed by atoms with E-state index in [0.717, 1.165) is 65.3 Å². The highest BCUT2D eigenvalue weighted by Gasteiger charge is 2.29. The summed E-state index contributed by atoms with van der Waals surface area (Å²) < 4.78 is 0. The van der Waals surface area contributed by atoms with E-state index in [1.807, 2.05) is 49.6 Å². The molecule has 0 spiro atoms. The summed E-state index contributed by atoms with van der Waals surface area (Å²) in [6.45, 7) is 5.29. The molecule has 1 saturated carbocycles. The van der Waals surface area contributed by atoms with Crippen LogP contribution in [0.1, 0.15) is 17.7 Å². The lowest BCUT2D eigenvalue weighted by atomic mass is 10.3. The van der Waals surface area contributed by atoms with Gasteiger partial charge in [-0.15, -0.1) is 11.3 Å². The summed E-state index contributed by atoms with van der Waals surface area (Å²) >= 11 is 3.02. The highest BCUT2D eigenvalue weighted by atomic mass is 32.2. The second kappa shape index (κ2) is 10.9. The van der Waals surface area contributed by atoms with Crippen molar-refractivity contribution in [3.8, 4) is 0 Å². The van der Waals surface area contributed by atoms with Crippen LogP contribution in [-0.2, 0) is 4.79 Å². The van der Waals surface area contributed by atoms with E-state index in [1.54, 1.807) is 17.5 Å². The summed E-state index contributed by atoms with van der Waals surface area (Å²) in [6, 6.07) is 11.8. The molecule has 0 radical (unpaired) electrons. The second-order valence-corrected chi connectivity index (χ2v) is 11.5. The van der Waals surface area contributed by atoms with Crippen LogP contribution in [0.2, 0.25) is 0 Å². The summed E-state index contributed by atoms with van der Waals surface area (Å²) in [4.78, 5) is 41.5. The fourth-order valence-electron chi connectivity index (χ4n) is 4.10. The molecule has 0 atom stereocenters. The maximum Gasteiger partial charge on any atom is 0.234 e. The van der Waals surface area contributed by atoms with E-state index in [0.29, 0.717) is 17.1 Å². The Morgan fingerprint density at radius 3 is 2.47 bits per heavy atom. The second-order valence-electron chi connectivity index (χ2n) is 9.22. The molecule has 1 saturated heterocycles. The molecular weight excluding hydrogens is 518 g/mol. The van der Waals surface area contributed by atoms with E-state index in [1.165, 1.54) is 11.8 Å². The van der Waals surface area contributed by atoms with Gasteiger partial charge < -0.3 is 15.1 Å². The van der Waals surface area contributed by atoms with Gasteiger partial charge in [-0.1, -0.05) is 0 Å². The van der Waals surface area contributed by atoms with Crippen LogP contribution in [0.3, 0.4) is 0 Å². The molecule has 4 heterocycles. The first-order valence-electron chi connectivity index (χ1n) is 12.5. The summed E-state index contributed by atoms with van der Waals surface area (Å²) in [6.07, 6.45) is 7.48. The standard InChI is InChI=1S/C26H27N9OS2/c1-17-15-28-25(37-17)31-23-30-24(35-13-11-34(12-14-35)20-3-2-10-27-16-20)33-26(32-23)38-21-8-6-19(7-9-21)29-22(36)18-4-5-18/h2-3,6-10,15-16,18H,4-5,11-14H2,1H3,(H,29,36)(H,28,30,31,32,33). The van der Waals surface area contributed by atoms with Crippen molar-refractivity contribution in [3.63, 3.8) is 0 Å². The van der Waals surface area contributed by atoms with E-state index >= 15 is 0 Å². The van der Waals surface area contributed by atoms with Crippen LogP contribution >= 0.6 is 23.1 Å². The number of hydrogen-bond acceptors (Lipinski definition) is 11. The Bertz CT molecular complexity index is 1400. The molecule has 2 N–H and O–H groups in total. The molecular formula is C26H27N9OS2. The van der Waals surface area contributed by atoms with Crippen LogP contribution in [0.15, 0.2) is 65.0 Å². The highest BCUT2D eigenvalue weighted by Crippen LogP contribution is 2.32. The van der Waals surface area contributed by atoms with Crippen molar-refractivity contribution in [1.29, 1.82) is 0 Å². The number of aromatic nitrogens is 5. The van der Waals surface area contributed by atoms with Gasteiger partial charge in [0.05, 0.1) is 11.9 Å². The summed E-state index contributed by atoms with van der Waals surface area (Å²) in [5.74, 6) is 1.38. The molecule has 0 unspecified atom stereocenters. The van der Waals surface area contributed by atoms with Crippen LogP contribution < -0.4 is 20.4 Å². The molecule has 4 aromatic rings. The van der Waals surface area contributed by atoms with E-state index in [9.17, 15) is 4.79 Å². The molecule has 3 aromatic heterocycles. The normalized spacial score (nSPS) is 15.4. The maximum absolute atomic E-state index is 12.1. The van der Waals surface area contributed by atoms with Gasteiger partial charge in [0.1, 0.15) is 0 Å². The molecule has 1 amide bonds. The Labute approximate surface area is 229 Å². The topological polar surface area (TPSA) is 112 Å². The average molecular weight is 546 g/mol. The number of carbonyl (C=O) groups is 1. The highest BCUT2D eigenvalue weighted by molar-refractivity contribution is 7.99. The average Bonchev–Trinajstić information content (AvgIpc) is 3.72. The van der Waals surface area contributed by atoms with E-state index < -0.39 is 0 Å². The van der Waals surface area contributed by atoms with Crippen LogP contribution in [-0.4, -0.2) is 57.0 Å². The first-order valence-corrected chi connectivity index (χ1v) is 14.2.